The maximum atomic E-state index is 11.4. The zero-order valence-corrected chi connectivity index (χ0v) is 10.6. The molecule has 0 heterocycles. The standard InChI is InChI=1S/C12H13BrO3/c1-9-4-5-11(10(7-9)8-14)16-12(15)3-2-6-13/h4-5,7-8H,2-3,6H2,1H3. The summed E-state index contributed by atoms with van der Waals surface area (Å²) in [4.78, 5) is 22.1. The highest BCUT2D eigenvalue weighted by molar-refractivity contribution is 9.09. The molecule has 0 saturated carbocycles. The lowest BCUT2D eigenvalue weighted by Gasteiger charge is -2.06. The molecule has 0 aromatic heterocycles. The molecule has 1 aromatic rings. The molecule has 0 bridgehead atoms. The fourth-order valence-electron chi connectivity index (χ4n) is 1.24. The highest BCUT2D eigenvalue weighted by Gasteiger charge is 2.08. The molecule has 0 atom stereocenters. The molecule has 1 rings (SSSR count). The number of benzene rings is 1. The summed E-state index contributed by atoms with van der Waals surface area (Å²) in [5.74, 6) is 0.0200. The van der Waals surface area contributed by atoms with Crippen LogP contribution < -0.4 is 4.74 Å². The number of carbonyl (C=O) groups is 2. The Balaban J connectivity index is 2.72. The monoisotopic (exact) mass is 284 g/mol. The minimum Gasteiger partial charge on any atom is -0.426 e. The second-order valence-electron chi connectivity index (χ2n) is 3.43. The summed E-state index contributed by atoms with van der Waals surface area (Å²) >= 11 is 3.24. The number of halogens is 1. The summed E-state index contributed by atoms with van der Waals surface area (Å²) in [5.41, 5.74) is 1.37. The van der Waals surface area contributed by atoms with Gasteiger partial charge in [-0.2, -0.15) is 0 Å². The molecule has 1 aromatic carbocycles. The van der Waals surface area contributed by atoms with E-state index in [4.69, 9.17) is 4.74 Å². The Labute approximate surface area is 103 Å². The van der Waals surface area contributed by atoms with Gasteiger partial charge in [0.2, 0.25) is 0 Å². The van der Waals surface area contributed by atoms with E-state index >= 15 is 0 Å². The van der Waals surface area contributed by atoms with Crippen LogP contribution in [0.4, 0.5) is 0 Å². The third-order valence-corrected chi connectivity index (χ3v) is 2.59. The number of rotatable bonds is 5. The van der Waals surface area contributed by atoms with Crippen LogP contribution in [0.1, 0.15) is 28.8 Å². The van der Waals surface area contributed by atoms with Crippen LogP contribution in [0.3, 0.4) is 0 Å². The van der Waals surface area contributed by atoms with Gasteiger partial charge in [0.25, 0.3) is 0 Å². The van der Waals surface area contributed by atoms with Crippen LogP contribution in [-0.2, 0) is 4.79 Å². The molecule has 4 heteroatoms. The van der Waals surface area contributed by atoms with Crippen molar-refractivity contribution >= 4 is 28.2 Å². The molecule has 0 fully saturated rings. The van der Waals surface area contributed by atoms with Crippen molar-refractivity contribution in [2.75, 3.05) is 5.33 Å². The molecule has 16 heavy (non-hydrogen) atoms. The summed E-state index contributed by atoms with van der Waals surface area (Å²) in [6.45, 7) is 1.88. The molecule has 0 unspecified atom stereocenters. The van der Waals surface area contributed by atoms with Crippen molar-refractivity contribution in [3.8, 4) is 5.75 Å². The fraction of sp³-hybridized carbons (Fsp3) is 0.333. The summed E-state index contributed by atoms with van der Waals surface area (Å²) in [7, 11) is 0. The molecule has 0 spiro atoms. The van der Waals surface area contributed by atoms with Gasteiger partial charge in [0.05, 0.1) is 5.56 Å². The topological polar surface area (TPSA) is 43.4 Å². The Bertz CT molecular complexity index is 388. The SMILES string of the molecule is Cc1ccc(OC(=O)CCCBr)c(C=O)c1. The van der Waals surface area contributed by atoms with E-state index in [2.05, 4.69) is 15.9 Å². The van der Waals surface area contributed by atoms with Crippen molar-refractivity contribution in [1.29, 1.82) is 0 Å². The zero-order valence-electron chi connectivity index (χ0n) is 9.03. The third-order valence-electron chi connectivity index (χ3n) is 2.03. The zero-order chi connectivity index (χ0) is 12.0. The molecule has 0 radical (unpaired) electrons. The van der Waals surface area contributed by atoms with Gasteiger partial charge in [0.15, 0.2) is 6.29 Å². The lowest BCUT2D eigenvalue weighted by molar-refractivity contribution is -0.134. The number of ether oxygens (including phenoxy) is 1. The van der Waals surface area contributed by atoms with E-state index < -0.39 is 0 Å². The van der Waals surface area contributed by atoms with E-state index in [1.807, 2.05) is 6.92 Å². The molecule has 0 N–H and O–H groups in total. The van der Waals surface area contributed by atoms with Gasteiger partial charge in [-0.1, -0.05) is 27.6 Å². The van der Waals surface area contributed by atoms with Crippen LogP contribution in [0, 0.1) is 6.92 Å². The summed E-state index contributed by atoms with van der Waals surface area (Å²) in [6, 6.07) is 5.14. The quantitative estimate of drug-likeness (QED) is 0.361. The van der Waals surface area contributed by atoms with E-state index in [-0.39, 0.29) is 5.97 Å². The molecule has 0 amide bonds. The largest absolute Gasteiger partial charge is 0.426 e. The molecular weight excluding hydrogens is 272 g/mol. The van der Waals surface area contributed by atoms with Crippen molar-refractivity contribution < 1.29 is 14.3 Å². The van der Waals surface area contributed by atoms with E-state index in [9.17, 15) is 9.59 Å². The number of hydrogen-bond acceptors (Lipinski definition) is 3. The molecule has 0 saturated heterocycles. The average Bonchev–Trinajstić information content (AvgIpc) is 2.28. The Morgan fingerprint density at radius 3 is 2.88 bits per heavy atom. The van der Waals surface area contributed by atoms with Crippen molar-refractivity contribution in [3.05, 3.63) is 29.3 Å². The second kappa shape index (κ2) is 6.43. The highest BCUT2D eigenvalue weighted by Crippen LogP contribution is 2.18. The number of alkyl halides is 1. The average molecular weight is 285 g/mol. The van der Waals surface area contributed by atoms with Gasteiger partial charge >= 0.3 is 5.97 Å². The normalized spacial score (nSPS) is 9.88. The fourth-order valence-corrected chi connectivity index (χ4v) is 1.52. The van der Waals surface area contributed by atoms with Gasteiger partial charge in [-0.15, -0.1) is 0 Å². The molecule has 0 aliphatic carbocycles. The minimum atomic E-state index is -0.314. The highest BCUT2D eigenvalue weighted by atomic mass is 79.9. The Morgan fingerprint density at radius 2 is 2.25 bits per heavy atom. The minimum absolute atomic E-state index is 0.314. The number of hydrogen-bond donors (Lipinski definition) is 0. The van der Waals surface area contributed by atoms with Crippen molar-refractivity contribution in [1.82, 2.24) is 0 Å². The van der Waals surface area contributed by atoms with Gasteiger partial charge in [0.1, 0.15) is 5.75 Å². The smallest absolute Gasteiger partial charge is 0.311 e. The summed E-state index contributed by atoms with van der Waals surface area (Å²) in [5, 5.41) is 0.760. The maximum Gasteiger partial charge on any atom is 0.311 e. The first kappa shape index (κ1) is 12.9. The lowest BCUT2D eigenvalue weighted by atomic mass is 10.1. The number of esters is 1. The number of aryl methyl sites for hydroxylation is 1. The van der Waals surface area contributed by atoms with Crippen molar-refractivity contribution in [3.63, 3.8) is 0 Å². The van der Waals surface area contributed by atoms with Gasteiger partial charge in [-0.25, -0.2) is 0 Å². The molecule has 0 aliphatic rings. The van der Waals surface area contributed by atoms with Crippen LogP contribution in [-0.4, -0.2) is 17.6 Å². The van der Waals surface area contributed by atoms with Crippen molar-refractivity contribution in [2.45, 2.75) is 19.8 Å². The van der Waals surface area contributed by atoms with Crippen LogP contribution >= 0.6 is 15.9 Å². The van der Waals surface area contributed by atoms with E-state index in [1.165, 1.54) is 0 Å². The predicted molar refractivity (Wildman–Crippen MR) is 65.2 cm³/mol. The van der Waals surface area contributed by atoms with Gasteiger partial charge < -0.3 is 4.74 Å². The third kappa shape index (κ3) is 3.77. The first-order valence-corrected chi connectivity index (χ1v) is 6.12. The molecule has 0 aliphatic heterocycles. The summed E-state index contributed by atoms with van der Waals surface area (Å²) < 4.78 is 5.10. The Kier molecular flexibility index (Phi) is 5.19. The number of carbonyl (C=O) groups excluding carboxylic acids is 2. The van der Waals surface area contributed by atoms with Gasteiger partial charge in [-0.05, 0) is 25.5 Å². The van der Waals surface area contributed by atoms with Crippen molar-refractivity contribution in [2.24, 2.45) is 0 Å². The summed E-state index contributed by atoms with van der Waals surface area (Å²) in [6.07, 6.45) is 1.76. The first-order chi connectivity index (χ1) is 7.67. The van der Waals surface area contributed by atoms with Crippen LogP contribution in [0.5, 0.6) is 5.75 Å². The van der Waals surface area contributed by atoms with E-state index in [1.54, 1.807) is 18.2 Å². The van der Waals surface area contributed by atoms with Crippen LogP contribution in [0.25, 0.3) is 0 Å². The number of aldehydes is 1. The Morgan fingerprint density at radius 1 is 1.50 bits per heavy atom. The molecule has 86 valence electrons. The van der Waals surface area contributed by atoms with Crippen LogP contribution in [0.15, 0.2) is 18.2 Å². The maximum absolute atomic E-state index is 11.4. The van der Waals surface area contributed by atoms with E-state index in [0.29, 0.717) is 24.0 Å². The molecule has 3 nitrogen and oxygen atoms in total. The van der Waals surface area contributed by atoms with Crippen LogP contribution in [0.2, 0.25) is 0 Å². The van der Waals surface area contributed by atoms with E-state index in [0.717, 1.165) is 17.3 Å². The van der Waals surface area contributed by atoms with Gasteiger partial charge in [-0.3, -0.25) is 9.59 Å². The predicted octanol–water partition coefficient (Wildman–Crippen LogP) is 2.89. The molecular formula is C12H13BrO3. The lowest BCUT2D eigenvalue weighted by Crippen LogP contribution is -2.09. The van der Waals surface area contributed by atoms with Gasteiger partial charge in [0, 0.05) is 11.8 Å². The first-order valence-electron chi connectivity index (χ1n) is 5.00. The Hall–Kier alpha value is -1.16. The second-order valence-corrected chi connectivity index (χ2v) is 4.22.